The second-order valence-electron chi connectivity index (χ2n) is 5.28. The number of benzene rings is 1. The SMILES string of the molecule is COc1cc(-c2cccc(C3COB(O)C3)c2)cnc1OC. The maximum atomic E-state index is 9.51. The molecule has 1 aromatic heterocycles. The molecule has 0 amide bonds. The smallest absolute Gasteiger partial charge is 0.454 e. The first-order valence-corrected chi connectivity index (χ1v) is 7.19. The second-order valence-corrected chi connectivity index (χ2v) is 5.28. The number of aromatic nitrogens is 1. The molecule has 1 aromatic carbocycles. The van der Waals surface area contributed by atoms with Gasteiger partial charge in [0.25, 0.3) is 5.88 Å². The average molecular weight is 299 g/mol. The molecule has 22 heavy (non-hydrogen) atoms. The number of nitrogens with zero attached hydrogens (tertiary/aromatic N) is 1. The molecule has 0 spiro atoms. The first-order valence-electron chi connectivity index (χ1n) is 7.19. The van der Waals surface area contributed by atoms with Crippen molar-refractivity contribution in [2.45, 2.75) is 12.2 Å². The van der Waals surface area contributed by atoms with Crippen LogP contribution < -0.4 is 9.47 Å². The standard InChI is InChI=1S/C16H18BNO4/c1-20-15-7-13(9-18-16(15)21-2)11-4-3-5-12(6-11)14-8-17(19)22-10-14/h3-7,9,14,19H,8,10H2,1-2H3. The molecule has 0 radical (unpaired) electrons. The monoisotopic (exact) mass is 299 g/mol. The van der Waals surface area contributed by atoms with Crippen molar-refractivity contribution in [2.75, 3.05) is 20.8 Å². The fraction of sp³-hybridized carbons (Fsp3) is 0.312. The van der Waals surface area contributed by atoms with Crippen LogP contribution >= 0.6 is 0 Å². The number of methoxy groups -OCH3 is 2. The highest BCUT2D eigenvalue weighted by molar-refractivity contribution is 6.43. The van der Waals surface area contributed by atoms with Crippen LogP contribution in [-0.2, 0) is 4.65 Å². The van der Waals surface area contributed by atoms with E-state index in [1.807, 2.05) is 18.2 Å². The van der Waals surface area contributed by atoms with E-state index in [4.69, 9.17) is 14.1 Å². The molecule has 2 heterocycles. The van der Waals surface area contributed by atoms with Crippen LogP contribution in [0, 0.1) is 0 Å². The molecule has 0 saturated carbocycles. The van der Waals surface area contributed by atoms with Crippen molar-refractivity contribution in [3.8, 4) is 22.8 Å². The third-order valence-corrected chi connectivity index (χ3v) is 3.90. The van der Waals surface area contributed by atoms with Gasteiger partial charge in [-0.1, -0.05) is 24.3 Å². The van der Waals surface area contributed by atoms with Gasteiger partial charge < -0.3 is 19.2 Å². The molecule has 1 unspecified atom stereocenters. The van der Waals surface area contributed by atoms with E-state index >= 15 is 0 Å². The second kappa shape index (κ2) is 6.38. The van der Waals surface area contributed by atoms with E-state index in [9.17, 15) is 5.02 Å². The fourth-order valence-corrected chi connectivity index (χ4v) is 2.70. The van der Waals surface area contributed by atoms with Crippen molar-refractivity contribution in [3.63, 3.8) is 0 Å². The fourth-order valence-electron chi connectivity index (χ4n) is 2.70. The Balaban J connectivity index is 1.92. The summed E-state index contributed by atoms with van der Waals surface area (Å²) in [5.74, 6) is 1.29. The van der Waals surface area contributed by atoms with E-state index in [0.29, 0.717) is 24.6 Å². The van der Waals surface area contributed by atoms with E-state index in [0.717, 1.165) is 16.7 Å². The van der Waals surface area contributed by atoms with Gasteiger partial charge in [-0.15, -0.1) is 0 Å². The number of hydrogen-bond acceptors (Lipinski definition) is 5. The summed E-state index contributed by atoms with van der Waals surface area (Å²) >= 11 is 0. The summed E-state index contributed by atoms with van der Waals surface area (Å²) in [6.07, 6.45) is 2.40. The summed E-state index contributed by atoms with van der Waals surface area (Å²) in [4.78, 5) is 4.27. The molecule has 114 valence electrons. The number of rotatable bonds is 4. The summed E-state index contributed by atoms with van der Waals surface area (Å²) < 4.78 is 15.7. The average Bonchev–Trinajstić information content (AvgIpc) is 3.01. The zero-order chi connectivity index (χ0) is 15.5. The highest BCUT2D eigenvalue weighted by atomic mass is 16.5. The van der Waals surface area contributed by atoms with Crippen molar-refractivity contribution in [1.29, 1.82) is 0 Å². The van der Waals surface area contributed by atoms with Gasteiger partial charge in [-0.25, -0.2) is 4.98 Å². The van der Waals surface area contributed by atoms with Gasteiger partial charge in [-0.3, -0.25) is 0 Å². The van der Waals surface area contributed by atoms with Crippen LogP contribution in [0.2, 0.25) is 6.32 Å². The van der Waals surface area contributed by atoms with E-state index < -0.39 is 7.12 Å². The van der Waals surface area contributed by atoms with Crippen LogP contribution in [0.4, 0.5) is 0 Å². The number of hydrogen-bond donors (Lipinski definition) is 1. The summed E-state index contributed by atoms with van der Waals surface area (Å²) in [5, 5.41) is 9.51. The van der Waals surface area contributed by atoms with Gasteiger partial charge >= 0.3 is 7.12 Å². The Labute approximate surface area is 130 Å². The molecule has 6 heteroatoms. The Morgan fingerprint density at radius 2 is 2.09 bits per heavy atom. The Morgan fingerprint density at radius 3 is 2.77 bits per heavy atom. The summed E-state index contributed by atoms with van der Waals surface area (Å²) in [6.45, 7) is 0.550. The van der Waals surface area contributed by atoms with Crippen LogP contribution in [0.1, 0.15) is 11.5 Å². The summed E-state index contributed by atoms with van der Waals surface area (Å²) in [5.41, 5.74) is 3.16. The maximum absolute atomic E-state index is 9.51. The molecule has 2 aromatic rings. The first-order chi connectivity index (χ1) is 10.7. The molecular weight excluding hydrogens is 281 g/mol. The van der Waals surface area contributed by atoms with Crippen LogP contribution in [0.15, 0.2) is 36.5 Å². The maximum Gasteiger partial charge on any atom is 0.454 e. The van der Waals surface area contributed by atoms with Crippen molar-refractivity contribution in [3.05, 3.63) is 42.1 Å². The Morgan fingerprint density at radius 1 is 1.23 bits per heavy atom. The van der Waals surface area contributed by atoms with Crippen LogP contribution in [-0.4, -0.2) is 38.0 Å². The molecule has 1 atom stereocenters. The third-order valence-electron chi connectivity index (χ3n) is 3.90. The molecule has 5 nitrogen and oxygen atoms in total. The topological polar surface area (TPSA) is 60.8 Å². The lowest BCUT2D eigenvalue weighted by Gasteiger charge is -2.12. The lowest BCUT2D eigenvalue weighted by atomic mass is 9.79. The third kappa shape index (κ3) is 2.93. The van der Waals surface area contributed by atoms with Crippen LogP contribution in [0.3, 0.4) is 0 Å². The molecule has 0 aliphatic carbocycles. The predicted octanol–water partition coefficient (Wildman–Crippen LogP) is 2.36. The van der Waals surface area contributed by atoms with E-state index in [1.54, 1.807) is 20.4 Å². The molecule has 0 bridgehead atoms. The molecule has 1 fully saturated rings. The molecular formula is C16H18BNO4. The van der Waals surface area contributed by atoms with E-state index in [-0.39, 0.29) is 5.92 Å². The van der Waals surface area contributed by atoms with Gasteiger partial charge in [0, 0.05) is 24.3 Å². The van der Waals surface area contributed by atoms with Gasteiger partial charge in [0.1, 0.15) is 0 Å². The van der Waals surface area contributed by atoms with Gasteiger partial charge in [-0.05, 0) is 23.5 Å². The lowest BCUT2D eigenvalue weighted by Crippen LogP contribution is -2.07. The molecule has 1 aliphatic heterocycles. The quantitative estimate of drug-likeness (QED) is 0.878. The Hall–Kier alpha value is -2.05. The number of pyridine rings is 1. The van der Waals surface area contributed by atoms with Crippen LogP contribution in [0.25, 0.3) is 11.1 Å². The minimum Gasteiger partial charge on any atom is -0.491 e. The molecule has 1 N–H and O–H groups in total. The van der Waals surface area contributed by atoms with Gasteiger partial charge in [-0.2, -0.15) is 0 Å². The zero-order valence-electron chi connectivity index (χ0n) is 12.7. The van der Waals surface area contributed by atoms with E-state index in [1.165, 1.54) is 0 Å². The Bertz CT molecular complexity index is 664. The van der Waals surface area contributed by atoms with Crippen molar-refractivity contribution >= 4 is 7.12 Å². The van der Waals surface area contributed by atoms with Crippen molar-refractivity contribution in [1.82, 2.24) is 4.98 Å². The first kappa shape index (κ1) is 14.9. The summed E-state index contributed by atoms with van der Waals surface area (Å²) in [6, 6.07) is 10.1. The zero-order valence-corrected chi connectivity index (χ0v) is 12.7. The van der Waals surface area contributed by atoms with Gasteiger partial charge in [0.15, 0.2) is 5.75 Å². The lowest BCUT2D eigenvalue weighted by molar-refractivity contribution is 0.292. The van der Waals surface area contributed by atoms with Gasteiger partial charge in [0.2, 0.25) is 0 Å². The minimum atomic E-state index is -0.656. The Kier molecular flexibility index (Phi) is 4.31. The normalized spacial score (nSPS) is 17.6. The number of ether oxygens (including phenoxy) is 2. The molecule has 1 aliphatic rings. The molecule has 1 saturated heterocycles. The van der Waals surface area contributed by atoms with Crippen molar-refractivity contribution in [2.24, 2.45) is 0 Å². The summed E-state index contributed by atoms with van der Waals surface area (Å²) in [7, 11) is 2.50. The highest BCUT2D eigenvalue weighted by Crippen LogP contribution is 2.33. The largest absolute Gasteiger partial charge is 0.491 e. The minimum absolute atomic E-state index is 0.225. The highest BCUT2D eigenvalue weighted by Gasteiger charge is 2.29. The predicted molar refractivity (Wildman–Crippen MR) is 84.2 cm³/mol. The van der Waals surface area contributed by atoms with Crippen LogP contribution in [0.5, 0.6) is 11.6 Å². The molecule has 3 rings (SSSR count). The van der Waals surface area contributed by atoms with Gasteiger partial charge in [0.05, 0.1) is 14.2 Å². The van der Waals surface area contributed by atoms with E-state index in [2.05, 4.69) is 17.1 Å². The van der Waals surface area contributed by atoms with Crippen molar-refractivity contribution < 1.29 is 19.2 Å².